The van der Waals surface area contributed by atoms with Crippen LogP contribution in [0.3, 0.4) is 0 Å². The lowest BCUT2D eigenvalue weighted by molar-refractivity contribution is 0.0782. The quantitative estimate of drug-likeness (QED) is 0.948. The molecule has 0 unspecified atom stereocenters. The van der Waals surface area contributed by atoms with Crippen LogP contribution in [0.15, 0.2) is 30.5 Å². The number of aryl methyl sites for hydroxylation is 1. The smallest absolute Gasteiger partial charge is 0.255 e. The van der Waals surface area contributed by atoms with Crippen molar-refractivity contribution in [2.75, 3.05) is 12.8 Å². The van der Waals surface area contributed by atoms with Crippen LogP contribution in [0.2, 0.25) is 5.02 Å². The highest BCUT2D eigenvalue weighted by atomic mass is 35.5. The fourth-order valence-corrected chi connectivity index (χ4v) is 2.19. The first-order valence-electron chi connectivity index (χ1n) is 6.30. The maximum absolute atomic E-state index is 13.8. The fourth-order valence-electron chi connectivity index (χ4n) is 1.96. The average molecular weight is 308 g/mol. The van der Waals surface area contributed by atoms with Crippen molar-refractivity contribution < 1.29 is 9.18 Å². The standard InChI is InChI=1S/C15H15ClFN3O/c1-9-11(6-10(18)7-19-9)15(21)20(2)8-12-13(16)4-3-5-14(12)17/h3-7H,8,18H2,1-2H3. The fraction of sp³-hybridized carbons (Fsp3) is 0.200. The maximum atomic E-state index is 13.8. The number of nitrogen functional groups attached to an aromatic ring is 1. The molecule has 2 aromatic rings. The van der Waals surface area contributed by atoms with Crippen LogP contribution in [-0.4, -0.2) is 22.8 Å². The summed E-state index contributed by atoms with van der Waals surface area (Å²) in [5.74, 6) is -0.726. The number of aromatic nitrogens is 1. The molecule has 1 amide bonds. The van der Waals surface area contributed by atoms with Crippen LogP contribution < -0.4 is 5.73 Å². The van der Waals surface area contributed by atoms with E-state index < -0.39 is 5.82 Å². The third-order valence-electron chi connectivity index (χ3n) is 3.14. The summed E-state index contributed by atoms with van der Waals surface area (Å²) in [7, 11) is 1.58. The summed E-state index contributed by atoms with van der Waals surface area (Å²) in [4.78, 5) is 17.8. The second-order valence-electron chi connectivity index (χ2n) is 4.76. The maximum Gasteiger partial charge on any atom is 0.255 e. The zero-order valence-corrected chi connectivity index (χ0v) is 12.5. The molecule has 1 aromatic heterocycles. The average Bonchev–Trinajstić information content (AvgIpc) is 2.44. The van der Waals surface area contributed by atoms with Gasteiger partial charge in [-0.25, -0.2) is 4.39 Å². The third kappa shape index (κ3) is 3.31. The topological polar surface area (TPSA) is 59.2 Å². The number of nitrogens with two attached hydrogens (primary N) is 1. The molecule has 6 heteroatoms. The van der Waals surface area contributed by atoms with E-state index >= 15 is 0 Å². The first kappa shape index (κ1) is 15.3. The zero-order chi connectivity index (χ0) is 15.6. The number of carbonyl (C=O) groups is 1. The predicted octanol–water partition coefficient (Wildman–Crippen LogP) is 3.04. The second-order valence-corrected chi connectivity index (χ2v) is 5.17. The Bertz CT molecular complexity index is 670. The van der Waals surface area contributed by atoms with E-state index in [0.717, 1.165) is 0 Å². The Balaban J connectivity index is 2.26. The van der Waals surface area contributed by atoms with Crippen LogP contribution in [0, 0.1) is 12.7 Å². The van der Waals surface area contributed by atoms with Crippen LogP contribution >= 0.6 is 11.6 Å². The Morgan fingerprint density at radius 2 is 2.19 bits per heavy atom. The number of carbonyl (C=O) groups excluding carboxylic acids is 1. The number of halogens is 2. The van der Waals surface area contributed by atoms with Gasteiger partial charge in [-0.3, -0.25) is 9.78 Å². The van der Waals surface area contributed by atoms with E-state index in [9.17, 15) is 9.18 Å². The minimum Gasteiger partial charge on any atom is -0.397 e. The Morgan fingerprint density at radius 3 is 2.86 bits per heavy atom. The van der Waals surface area contributed by atoms with Crippen LogP contribution in [-0.2, 0) is 6.54 Å². The molecule has 1 heterocycles. The first-order valence-corrected chi connectivity index (χ1v) is 6.68. The molecular weight excluding hydrogens is 293 g/mol. The summed E-state index contributed by atoms with van der Waals surface area (Å²) in [5.41, 5.74) is 7.30. The lowest BCUT2D eigenvalue weighted by atomic mass is 10.1. The summed E-state index contributed by atoms with van der Waals surface area (Å²) in [5, 5.41) is 0.289. The molecule has 21 heavy (non-hydrogen) atoms. The highest BCUT2D eigenvalue weighted by molar-refractivity contribution is 6.31. The Labute approximate surface area is 127 Å². The molecule has 0 aliphatic carbocycles. The van der Waals surface area contributed by atoms with E-state index in [-0.39, 0.29) is 23.0 Å². The number of pyridine rings is 1. The van der Waals surface area contributed by atoms with E-state index in [1.807, 2.05) is 0 Å². The van der Waals surface area contributed by atoms with E-state index in [1.54, 1.807) is 26.1 Å². The minimum atomic E-state index is -0.440. The Morgan fingerprint density at radius 1 is 1.48 bits per heavy atom. The summed E-state index contributed by atoms with van der Waals surface area (Å²) in [6.45, 7) is 1.79. The van der Waals surface area contributed by atoms with Gasteiger partial charge in [0.1, 0.15) is 5.82 Å². The molecule has 1 aromatic carbocycles. The van der Waals surface area contributed by atoms with Crippen LogP contribution in [0.25, 0.3) is 0 Å². The molecule has 0 radical (unpaired) electrons. The van der Waals surface area contributed by atoms with Gasteiger partial charge < -0.3 is 10.6 Å². The first-order chi connectivity index (χ1) is 9.90. The van der Waals surface area contributed by atoms with Gasteiger partial charge in [-0.05, 0) is 25.1 Å². The molecule has 0 saturated heterocycles. The van der Waals surface area contributed by atoms with E-state index in [2.05, 4.69) is 4.98 Å². The number of rotatable bonds is 3. The highest BCUT2D eigenvalue weighted by Gasteiger charge is 2.18. The summed E-state index contributed by atoms with van der Waals surface area (Å²) in [6, 6.07) is 5.98. The molecule has 0 aliphatic heterocycles. The third-order valence-corrected chi connectivity index (χ3v) is 3.50. The van der Waals surface area contributed by atoms with Gasteiger partial charge in [0.05, 0.1) is 23.1 Å². The molecule has 0 spiro atoms. The lowest BCUT2D eigenvalue weighted by Crippen LogP contribution is -2.27. The van der Waals surface area contributed by atoms with Gasteiger partial charge >= 0.3 is 0 Å². The van der Waals surface area contributed by atoms with Crippen molar-refractivity contribution in [1.29, 1.82) is 0 Å². The van der Waals surface area contributed by atoms with Gasteiger partial charge in [-0.2, -0.15) is 0 Å². The normalized spacial score (nSPS) is 10.5. The molecular formula is C15H15ClFN3O. The molecule has 0 aliphatic rings. The van der Waals surface area contributed by atoms with Gasteiger partial charge in [0.25, 0.3) is 5.91 Å². The number of hydrogen-bond donors (Lipinski definition) is 1. The summed E-state index contributed by atoms with van der Waals surface area (Å²) < 4.78 is 13.8. The van der Waals surface area contributed by atoms with Crippen molar-refractivity contribution >= 4 is 23.2 Å². The van der Waals surface area contributed by atoms with Gasteiger partial charge in [-0.15, -0.1) is 0 Å². The monoisotopic (exact) mass is 307 g/mol. The van der Waals surface area contributed by atoms with Crippen LogP contribution in [0.5, 0.6) is 0 Å². The summed E-state index contributed by atoms with van der Waals surface area (Å²) >= 11 is 5.97. The molecule has 4 nitrogen and oxygen atoms in total. The van der Waals surface area contributed by atoms with Crippen molar-refractivity contribution in [1.82, 2.24) is 9.88 Å². The van der Waals surface area contributed by atoms with Crippen molar-refractivity contribution in [3.8, 4) is 0 Å². The SMILES string of the molecule is Cc1ncc(N)cc1C(=O)N(C)Cc1c(F)cccc1Cl. The van der Waals surface area contributed by atoms with Crippen molar-refractivity contribution in [3.63, 3.8) is 0 Å². The number of anilines is 1. The highest BCUT2D eigenvalue weighted by Crippen LogP contribution is 2.21. The Kier molecular flexibility index (Phi) is 4.43. The Hall–Kier alpha value is -2.14. The van der Waals surface area contributed by atoms with Gasteiger partial charge in [0.15, 0.2) is 0 Å². The van der Waals surface area contributed by atoms with Gasteiger partial charge in [-0.1, -0.05) is 17.7 Å². The van der Waals surface area contributed by atoms with Crippen LogP contribution in [0.4, 0.5) is 10.1 Å². The summed E-state index contributed by atoms with van der Waals surface area (Å²) in [6.07, 6.45) is 1.49. The number of benzene rings is 1. The minimum absolute atomic E-state index is 0.0680. The van der Waals surface area contributed by atoms with Crippen molar-refractivity contribution in [2.24, 2.45) is 0 Å². The predicted molar refractivity (Wildman–Crippen MR) is 80.6 cm³/mol. The van der Waals surface area contributed by atoms with Gasteiger partial charge in [0, 0.05) is 24.2 Å². The zero-order valence-electron chi connectivity index (χ0n) is 11.7. The van der Waals surface area contributed by atoms with Gasteiger partial charge in [0.2, 0.25) is 0 Å². The largest absolute Gasteiger partial charge is 0.397 e. The second kappa shape index (κ2) is 6.10. The van der Waals surface area contributed by atoms with Crippen molar-refractivity contribution in [3.05, 3.63) is 58.1 Å². The number of hydrogen-bond acceptors (Lipinski definition) is 3. The van der Waals surface area contributed by atoms with E-state index in [1.165, 1.54) is 23.2 Å². The molecule has 2 rings (SSSR count). The molecule has 0 bridgehead atoms. The molecule has 2 N–H and O–H groups in total. The van der Waals surface area contributed by atoms with Crippen LogP contribution in [0.1, 0.15) is 21.6 Å². The number of nitrogens with zero attached hydrogens (tertiary/aromatic N) is 2. The van der Waals surface area contributed by atoms with E-state index in [4.69, 9.17) is 17.3 Å². The number of amides is 1. The molecule has 0 atom stereocenters. The lowest BCUT2D eigenvalue weighted by Gasteiger charge is -2.19. The molecule has 0 saturated carbocycles. The molecule has 110 valence electrons. The molecule has 0 fully saturated rings. The van der Waals surface area contributed by atoms with Crippen molar-refractivity contribution in [2.45, 2.75) is 13.5 Å². The van der Waals surface area contributed by atoms with E-state index in [0.29, 0.717) is 16.9 Å².